The van der Waals surface area contributed by atoms with E-state index in [0.29, 0.717) is 29.5 Å². The van der Waals surface area contributed by atoms with Gasteiger partial charge in [-0.1, -0.05) is 53.5 Å². The highest BCUT2D eigenvalue weighted by Crippen LogP contribution is 2.31. The molecule has 2 atom stereocenters. The van der Waals surface area contributed by atoms with Crippen molar-refractivity contribution in [2.45, 2.75) is 19.1 Å². The number of benzene rings is 2. The average molecular weight is 416 g/mol. The standard InChI is InChI=1S/C21H19Cl2N3O2/c1-14-12-25(13-19(28-14)15-5-3-2-4-6-15)18-11-24-26(21(27)20(18)23)17-9-7-16(22)8-10-17/h2-11,14,19H,12-13H2,1H3. The van der Waals surface area contributed by atoms with E-state index in [0.717, 1.165) is 5.56 Å². The Morgan fingerprint density at radius 3 is 2.46 bits per heavy atom. The average Bonchev–Trinajstić information content (AvgIpc) is 2.71. The monoisotopic (exact) mass is 415 g/mol. The van der Waals surface area contributed by atoms with Crippen molar-refractivity contribution in [2.24, 2.45) is 0 Å². The van der Waals surface area contributed by atoms with Crippen molar-refractivity contribution in [3.8, 4) is 5.69 Å². The number of nitrogens with zero attached hydrogens (tertiary/aromatic N) is 3. The molecule has 28 heavy (non-hydrogen) atoms. The van der Waals surface area contributed by atoms with Gasteiger partial charge in [0.1, 0.15) is 11.1 Å². The molecule has 1 saturated heterocycles. The molecule has 4 rings (SSSR count). The Hall–Kier alpha value is -2.34. The molecular formula is C21H19Cl2N3O2. The molecule has 1 aromatic heterocycles. The molecule has 0 spiro atoms. The molecule has 0 radical (unpaired) electrons. The quantitative estimate of drug-likeness (QED) is 0.631. The number of halogens is 2. The van der Waals surface area contributed by atoms with Crippen molar-refractivity contribution >= 4 is 28.9 Å². The van der Waals surface area contributed by atoms with E-state index in [1.807, 2.05) is 37.3 Å². The predicted octanol–water partition coefficient (Wildman–Crippen LogP) is 4.51. The Kier molecular flexibility index (Phi) is 5.40. The lowest BCUT2D eigenvalue weighted by atomic mass is 10.1. The maximum absolute atomic E-state index is 12.8. The molecule has 144 valence electrons. The topological polar surface area (TPSA) is 47.4 Å². The SMILES string of the molecule is CC1CN(c2cnn(-c3ccc(Cl)cc3)c(=O)c2Cl)CC(c2ccccc2)O1. The Labute approximate surface area is 173 Å². The molecule has 1 fully saturated rings. The van der Waals surface area contributed by atoms with Crippen LogP contribution in [-0.4, -0.2) is 29.0 Å². The number of morpholine rings is 1. The van der Waals surface area contributed by atoms with Crippen molar-refractivity contribution in [1.82, 2.24) is 9.78 Å². The number of hydrogen-bond donors (Lipinski definition) is 0. The molecule has 2 aromatic carbocycles. The van der Waals surface area contributed by atoms with Gasteiger partial charge in [0.15, 0.2) is 0 Å². The first-order valence-electron chi connectivity index (χ1n) is 9.02. The molecule has 7 heteroatoms. The van der Waals surface area contributed by atoms with Crippen molar-refractivity contribution in [1.29, 1.82) is 0 Å². The fourth-order valence-electron chi connectivity index (χ4n) is 3.41. The maximum Gasteiger partial charge on any atom is 0.292 e. The molecule has 2 heterocycles. The zero-order chi connectivity index (χ0) is 19.7. The highest BCUT2D eigenvalue weighted by atomic mass is 35.5. The van der Waals surface area contributed by atoms with Crippen LogP contribution >= 0.6 is 23.2 Å². The van der Waals surface area contributed by atoms with Gasteiger partial charge >= 0.3 is 0 Å². The van der Waals surface area contributed by atoms with Gasteiger partial charge in [-0.25, -0.2) is 0 Å². The summed E-state index contributed by atoms with van der Waals surface area (Å²) < 4.78 is 7.38. The van der Waals surface area contributed by atoms with Gasteiger partial charge < -0.3 is 9.64 Å². The highest BCUT2D eigenvalue weighted by Gasteiger charge is 2.28. The van der Waals surface area contributed by atoms with Gasteiger partial charge in [-0.15, -0.1) is 0 Å². The Balaban J connectivity index is 1.66. The van der Waals surface area contributed by atoms with E-state index in [-0.39, 0.29) is 22.8 Å². The van der Waals surface area contributed by atoms with Crippen molar-refractivity contribution in [2.75, 3.05) is 18.0 Å². The molecular weight excluding hydrogens is 397 g/mol. The van der Waals surface area contributed by atoms with Gasteiger partial charge in [0.25, 0.3) is 5.56 Å². The van der Waals surface area contributed by atoms with Gasteiger partial charge in [-0.2, -0.15) is 9.78 Å². The largest absolute Gasteiger partial charge is 0.367 e. The van der Waals surface area contributed by atoms with E-state index < -0.39 is 0 Å². The molecule has 5 nitrogen and oxygen atoms in total. The van der Waals surface area contributed by atoms with E-state index in [9.17, 15) is 4.79 Å². The first-order chi connectivity index (χ1) is 13.5. The molecule has 0 aliphatic carbocycles. The number of rotatable bonds is 3. The summed E-state index contributed by atoms with van der Waals surface area (Å²) in [5.74, 6) is 0. The van der Waals surface area contributed by atoms with Crippen LogP contribution in [0.5, 0.6) is 0 Å². The zero-order valence-electron chi connectivity index (χ0n) is 15.3. The summed E-state index contributed by atoms with van der Waals surface area (Å²) >= 11 is 12.4. The minimum absolute atomic E-state index is 0.00582. The lowest BCUT2D eigenvalue weighted by Crippen LogP contribution is -2.43. The molecule has 0 bridgehead atoms. The fourth-order valence-corrected chi connectivity index (χ4v) is 3.79. The summed E-state index contributed by atoms with van der Waals surface area (Å²) in [4.78, 5) is 14.9. The number of hydrogen-bond acceptors (Lipinski definition) is 4. The van der Waals surface area contributed by atoms with E-state index in [1.165, 1.54) is 4.68 Å². The summed E-state index contributed by atoms with van der Waals surface area (Å²) in [7, 11) is 0. The Bertz CT molecular complexity index is 1020. The van der Waals surface area contributed by atoms with Crippen LogP contribution < -0.4 is 10.5 Å². The molecule has 1 aliphatic rings. The first kappa shape index (κ1) is 19.0. The van der Waals surface area contributed by atoms with Crippen LogP contribution in [0.2, 0.25) is 10.0 Å². The number of ether oxygens (including phenoxy) is 1. The third-order valence-corrected chi connectivity index (χ3v) is 5.35. The van der Waals surface area contributed by atoms with Crippen LogP contribution in [0.4, 0.5) is 5.69 Å². The normalized spacial score (nSPS) is 19.6. The van der Waals surface area contributed by atoms with Crippen LogP contribution in [0, 0.1) is 0 Å². The molecule has 2 unspecified atom stereocenters. The van der Waals surface area contributed by atoms with E-state index in [2.05, 4.69) is 10.00 Å². The summed E-state index contributed by atoms with van der Waals surface area (Å²) in [6.45, 7) is 3.24. The Morgan fingerprint density at radius 2 is 1.75 bits per heavy atom. The van der Waals surface area contributed by atoms with Crippen LogP contribution in [-0.2, 0) is 4.74 Å². The lowest BCUT2D eigenvalue weighted by molar-refractivity contribution is -0.0174. The maximum atomic E-state index is 12.8. The third-order valence-electron chi connectivity index (χ3n) is 4.74. The van der Waals surface area contributed by atoms with Crippen LogP contribution in [0.1, 0.15) is 18.6 Å². The Morgan fingerprint density at radius 1 is 1.04 bits per heavy atom. The van der Waals surface area contributed by atoms with Crippen molar-refractivity contribution in [3.63, 3.8) is 0 Å². The molecule has 3 aromatic rings. The predicted molar refractivity (Wildman–Crippen MR) is 112 cm³/mol. The highest BCUT2D eigenvalue weighted by molar-refractivity contribution is 6.33. The summed E-state index contributed by atoms with van der Waals surface area (Å²) in [5, 5.41) is 5.07. The number of anilines is 1. The van der Waals surface area contributed by atoms with Gasteiger partial charge in [0, 0.05) is 18.1 Å². The minimum Gasteiger partial charge on any atom is -0.367 e. The van der Waals surface area contributed by atoms with Gasteiger partial charge in [0.2, 0.25) is 0 Å². The molecule has 1 aliphatic heterocycles. The summed E-state index contributed by atoms with van der Waals surface area (Å²) in [5.41, 5.74) is 1.96. The minimum atomic E-state index is -0.364. The fraction of sp³-hybridized carbons (Fsp3) is 0.238. The second-order valence-corrected chi connectivity index (χ2v) is 7.60. The van der Waals surface area contributed by atoms with E-state index in [4.69, 9.17) is 27.9 Å². The van der Waals surface area contributed by atoms with Crippen LogP contribution in [0.3, 0.4) is 0 Å². The number of aromatic nitrogens is 2. The van der Waals surface area contributed by atoms with Crippen molar-refractivity contribution < 1.29 is 4.74 Å². The van der Waals surface area contributed by atoms with E-state index in [1.54, 1.807) is 30.5 Å². The molecule has 0 saturated carbocycles. The van der Waals surface area contributed by atoms with Crippen LogP contribution in [0.15, 0.2) is 65.6 Å². The lowest BCUT2D eigenvalue weighted by Gasteiger charge is -2.38. The third kappa shape index (κ3) is 3.78. The van der Waals surface area contributed by atoms with Gasteiger partial charge in [-0.05, 0) is 36.8 Å². The van der Waals surface area contributed by atoms with Gasteiger partial charge in [-0.3, -0.25) is 4.79 Å². The smallest absolute Gasteiger partial charge is 0.292 e. The molecule has 0 amide bonds. The van der Waals surface area contributed by atoms with E-state index >= 15 is 0 Å². The van der Waals surface area contributed by atoms with Gasteiger partial charge in [0.05, 0.1) is 23.7 Å². The van der Waals surface area contributed by atoms with Crippen LogP contribution in [0.25, 0.3) is 5.69 Å². The van der Waals surface area contributed by atoms with Crippen molar-refractivity contribution in [3.05, 3.63) is 86.8 Å². The second kappa shape index (κ2) is 7.95. The zero-order valence-corrected chi connectivity index (χ0v) is 16.8. The summed E-state index contributed by atoms with van der Waals surface area (Å²) in [6, 6.07) is 16.9. The first-order valence-corrected chi connectivity index (χ1v) is 9.77. The second-order valence-electron chi connectivity index (χ2n) is 6.79. The molecule has 0 N–H and O–H groups in total. The summed E-state index contributed by atoms with van der Waals surface area (Å²) in [6.07, 6.45) is 1.53.